The maximum Gasteiger partial charge on any atom is 0.260 e. The summed E-state index contributed by atoms with van der Waals surface area (Å²) in [7, 11) is 0. The van der Waals surface area contributed by atoms with E-state index in [0.29, 0.717) is 22.0 Å². The third-order valence-electron chi connectivity index (χ3n) is 4.28. The largest absolute Gasteiger partial charge is 0.298 e. The first-order valence-electron chi connectivity index (χ1n) is 8.34. The number of hydrogen-bond acceptors (Lipinski definition) is 4. The van der Waals surface area contributed by atoms with Gasteiger partial charge in [-0.2, -0.15) is 0 Å². The van der Waals surface area contributed by atoms with E-state index in [1.54, 1.807) is 0 Å². The molecular weight excluding hydrogens is 361 g/mol. The molecule has 1 amide bonds. The van der Waals surface area contributed by atoms with Gasteiger partial charge in [-0.05, 0) is 36.5 Å². The molecule has 0 saturated carbocycles. The van der Waals surface area contributed by atoms with Crippen molar-refractivity contribution < 1.29 is 9.18 Å². The Morgan fingerprint density at radius 2 is 2.12 bits per heavy atom. The number of carbonyl (C=O) groups is 1. The van der Waals surface area contributed by atoms with Gasteiger partial charge in [0.1, 0.15) is 5.82 Å². The monoisotopic (exact) mass is 381 g/mol. The van der Waals surface area contributed by atoms with Crippen LogP contribution in [0.2, 0.25) is 5.02 Å². The third-order valence-corrected chi connectivity index (χ3v) is 5.32. The summed E-state index contributed by atoms with van der Waals surface area (Å²) in [5, 5.41) is 5.38. The fourth-order valence-corrected chi connectivity index (χ4v) is 4.29. The fourth-order valence-electron chi connectivity index (χ4n) is 3.42. The van der Waals surface area contributed by atoms with Gasteiger partial charge in [0.05, 0.1) is 11.3 Å². The quantitative estimate of drug-likeness (QED) is 0.837. The standard InChI is InChI=1S/C18H21ClFN3OS/c1-11-5-12(2)8-23(7-11)9-14-10-25-18(21-14)22-17(24)15-6-13(19)3-4-16(15)20/h3-4,6,10-12H,5,7-9H2,1-2H3,(H,21,22,24)/t11-,12-/m1/s1. The average molecular weight is 382 g/mol. The van der Waals surface area contributed by atoms with Gasteiger partial charge < -0.3 is 0 Å². The summed E-state index contributed by atoms with van der Waals surface area (Å²) in [6.07, 6.45) is 1.26. The van der Waals surface area contributed by atoms with Crippen LogP contribution >= 0.6 is 22.9 Å². The molecule has 1 aromatic heterocycles. The number of likely N-dealkylation sites (tertiary alicyclic amines) is 1. The Labute approximate surface area is 156 Å². The van der Waals surface area contributed by atoms with Crippen LogP contribution in [-0.4, -0.2) is 28.9 Å². The van der Waals surface area contributed by atoms with E-state index in [4.69, 9.17) is 11.6 Å². The Hall–Kier alpha value is -1.50. The van der Waals surface area contributed by atoms with Crippen LogP contribution in [0.4, 0.5) is 9.52 Å². The third kappa shape index (κ3) is 4.77. The number of piperidine rings is 1. The van der Waals surface area contributed by atoms with Crippen LogP contribution in [0.15, 0.2) is 23.6 Å². The molecule has 1 fully saturated rings. The van der Waals surface area contributed by atoms with Crippen molar-refractivity contribution in [3.63, 3.8) is 0 Å². The first-order chi connectivity index (χ1) is 11.9. The molecule has 134 valence electrons. The number of nitrogens with zero attached hydrogens (tertiary/aromatic N) is 2. The number of anilines is 1. The van der Waals surface area contributed by atoms with Crippen LogP contribution < -0.4 is 5.32 Å². The molecule has 1 aliphatic heterocycles. The van der Waals surface area contributed by atoms with Crippen LogP contribution in [0.1, 0.15) is 36.3 Å². The van der Waals surface area contributed by atoms with Gasteiger partial charge in [-0.1, -0.05) is 25.4 Å². The minimum atomic E-state index is -0.602. The van der Waals surface area contributed by atoms with Crippen molar-refractivity contribution >= 4 is 34.0 Å². The molecule has 2 atom stereocenters. The lowest BCUT2D eigenvalue weighted by Gasteiger charge is -2.34. The van der Waals surface area contributed by atoms with Crippen molar-refractivity contribution in [1.29, 1.82) is 0 Å². The predicted molar refractivity (Wildman–Crippen MR) is 99.7 cm³/mol. The van der Waals surface area contributed by atoms with E-state index in [2.05, 4.69) is 29.0 Å². The van der Waals surface area contributed by atoms with Crippen LogP contribution in [0, 0.1) is 17.7 Å². The number of thiazole rings is 1. The topological polar surface area (TPSA) is 45.2 Å². The summed E-state index contributed by atoms with van der Waals surface area (Å²) in [6, 6.07) is 3.91. The lowest BCUT2D eigenvalue weighted by atomic mass is 9.92. The molecule has 0 unspecified atom stereocenters. The average Bonchev–Trinajstić information content (AvgIpc) is 2.95. The molecule has 0 bridgehead atoms. The van der Waals surface area contributed by atoms with Crippen molar-refractivity contribution in [1.82, 2.24) is 9.88 Å². The van der Waals surface area contributed by atoms with Gasteiger partial charge >= 0.3 is 0 Å². The molecule has 3 rings (SSSR count). The number of halogens is 2. The Kier molecular flexibility index (Phi) is 5.71. The molecule has 2 aromatic rings. The van der Waals surface area contributed by atoms with Gasteiger partial charge in [0.25, 0.3) is 5.91 Å². The highest BCUT2D eigenvalue weighted by Crippen LogP contribution is 2.24. The summed E-state index contributed by atoms with van der Waals surface area (Å²) < 4.78 is 13.8. The molecule has 1 aliphatic rings. The van der Waals surface area contributed by atoms with E-state index in [1.807, 2.05) is 5.38 Å². The SMILES string of the molecule is C[C@@H]1C[C@@H](C)CN(Cc2csc(NC(=O)c3cc(Cl)ccc3F)n2)C1. The summed E-state index contributed by atoms with van der Waals surface area (Å²) in [6.45, 7) is 7.45. The smallest absolute Gasteiger partial charge is 0.260 e. The van der Waals surface area contributed by atoms with E-state index < -0.39 is 11.7 Å². The number of amides is 1. The number of nitrogens with one attached hydrogen (secondary N) is 1. The van der Waals surface area contributed by atoms with Gasteiger partial charge in [0.2, 0.25) is 0 Å². The summed E-state index contributed by atoms with van der Waals surface area (Å²) >= 11 is 7.18. The molecule has 25 heavy (non-hydrogen) atoms. The van der Waals surface area contributed by atoms with Crippen LogP contribution in [-0.2, 0) is 6.54 Å². The molecule has 1 aromatic carbocycles. The molecule has 1 N–H and O–H groups in total. The highest BCUT2D eigenvalue weighted by atomic mass is 35.5. The van der Waals surface area contributed by atoms with Gasteiger partial charge in [-0.3, -0.25) is 15.0 Å². The van der Waals surface area contributed by atoms with Crippen LogP contribution in [0.5, 0.6) is 0 Å². The second kappa shape index (κ2) is 7.81. The molecule has 0 aliphatic carbocycles. The first-order valence-corrected chi connectivity index (χ1v) is 9.59. The van der Waals surface area contributed by atoms with Crippen molar-refractivity contribution in [2.75, 3.05) is 18.4 Å². The maximum atomic E-state index is 13.8. The molecule has 7 heteroatoms. The number of rotatable bonds is 4. The molecular formula is C18H21ClFN3OS. The highest BCUT2D eigenvalue weighted by molar-refractivity contribution is 7.14. The zero-order valence-electron chi connectivity index (χ0n) is 14.3. The zero-order chi connectivity index (χ0) is 18.0. The number of aromatic nitrogens is 1. The number of hydrogen-bond donors (Lipinski definition) is 1. The lowest BCUT2D eigenvalue weighted by molar-refractivity contribution is 0.102. The Morgan fingerprint density at radius 3 is 2.84 bits per heavy atom. The minimum Gasteiger partial charge on any atom is -0.298 e. The second-order valence-electron chi connectivity index (χ2n) is 6.86. The minimum absolute atomic E-state index is 0.0806. The van der Waals surface area contributed by atoms with E-state index in [1.165, 1.54) is 36.0 Å². The van der Waals surface area contributed by atoms with Crippen molar-refractivity contribution in [2.24, 2.45) is 11.8 Å². The fraction of sp³-hybridized carbons (Fsp3) is 0.444. The number of benzene rings is 1. The van der Waals surface area contributed by atoms with E-state index >= 15 is 0 Å². The second-order valence-corrected chi connectivity index (χ2v) is 8.16. The van der Waals surface area contributed by atoms with Crippen LogP contribution in [0.3, 0.4) is 0 Å². The molecule has 0 radical (unpaired) electrons. The number of carbonyl (C=O) groups excluding carboxylic acids is 1. The normalized spacial score (nSPS) is 21.3. The van der Waals surface area contributed by atoms with Crippen LogP contribution in [0.25, 0.3) is 0 Å². The van der Waals surface area contributed by atoms with E-state index in [9.17, 15) is 9.18 Å². The molecule has 2 heterocycles. The zero-order valence-corrected chi connectivity index (χ0v) is 15.8. The first kappa shape index (κ1) is 18.3. The Balaban J connectivity index is 1.63. The summed E-state index contributed by atoms with van der Waals surface area (Å²) in [4.78, 5) is 19.1. The highest BCUT2D eigenvalue weighted by Gasteiger charge is 2.22. The van der Waals surface area contributed by atoms with Gasteiger partial charge in [0.15, 0.2) is 5.13 Å². The van der Waals surface area contributed by atoms with Crippen molar-refractivity contribution in [3.05, 3.63) is 45.7 Å². The van der Waals surface area contributed by atoms with E-state index in [-0.39, 0.29) is 5.56 Å². The summed E-state index contributed by atoms with van der Waals surface area (Å²) in [5.74, 6) is 0.232. The summed E-state index contributed by atoms with van der Waals surface area (Å²) in [5.41, 5.74) is 0.844. The lowest BCUT2D eigenvalue weighted by Crippen LogP contribution is -2.38. The molecule has 1 saturated heterocycles. The Morgan fingerprint density at radius 1 is 1.40 bits per heavy atom. The Bertz CT molecular complexity index is 757. The van der Waals surface area contributed by atoms with E-state index in [0.717, 1.165) is 25.3 Å². The predicted octanol–water partition coefficient (Wildman–Crippen LogP) is 4.67. The maximum absolute atomic E-state index is 13.8. The van der Waals surface area contributed by atoms with Crippen molar-refractivity contribution in [3.8, 4) is 0 Å². The van der Waals surface area contributed by atoms with Gasteiger partial charge in [-0.15, -0.1) is 11.3 Å². The molecule has 4 nitrogen and oxygen atoms in total. The molecule has 0 spiro atoms. The van der Waals surface area contributed by atoms with Crippen molar-refractivity contribution in [2.45, 2.75) is 26.8 Å². The van der Waals surface area contributed by atoms with Gasteiger partial charge in [-0.25, -0.2) is 9.37 Å². The van der Waals surface area contributed by atoms with Gasteiger partial charge in [0, 0.05) is 30.0 Å².